The van der Waals surface area contributed by atoms with Crippen LogP contribution < -0.4 is 0 Å². The van der Waals surface area contributed by atoms with Crippen molar-refractivity contribution >= 4 is 0 Å². The molecule has 102 heavy (non-hydrogen) atoms. The molecule has 1 radical (unpaired) electrons. The maximum Gasteiger partial charge on any atom is 3.00 e. The number of nitrogens with zero attached hydrogens (tertiary/aromatic N) is 16. The van der Waals surface area contributed by atoms with E-state index < -0.39 is 0 Å². The van der Waals surface area contributed by atoms with Gasteiger partial charge in [-0.25, -0.2) is 38.7 Å². The number of pyridine rings is 8. The third kappa shape index (κ3) is 21.1. The Hall–Kier alpha value is -8.95. The van der Waals surface area contributed by atoms with Gasteiger partial charge in [-0.15, -0.1) is 0 Å². The summed E-state index contributed by atoms with van der Waals surface area (Å²) in [6.07, 6.45) is 22.2. The van der Waals surface area contributed by atoms with Crippen molar-refractivity contribution in [1.82, 2.24) is 79.0 Å². The number of aromatic nitrogens is 16. The fraction of sp³-hybridized carbons (Fsp3) is 0.381. The van der Waals surface area contributed by atoms with E-state index in [-0.39, 0.29) is 76.9 Å². The molecular formula is C84H104Co2N16+5. The quantitative estimate of drug-likeness (QED) is 0.141. The molecule has 12 heterocycles. The Bertz CT molecular complexity index is 4070. The Balaban J connectivity index is 0.000000189. The van der Waals surface area contributed by atoms with Crippen LogP contribution in [0.1, 0.15) is 211 Å². The largest absolute Gasteiger partial charge is 3.00 e. The second-order valence-corrected chi connectivity index (χ2v) is 33.9. The third-order valence-electron chi connectivity index (χ3n) is 17.2. The molecule has 0 fully saturated rings. The predicted molar refractivity (Wildman–Crippen MR) is 408 cm³/mol. The minimum Gasteiger partial charge on any atom is -0.255 e. The molecule has 16 nitrogen and oxygen atoms in total. The molecular weight excluding hydrogens is 1350 g/mol. The summed E-state index contributed by atoms with van der Waals surface area (Å²) in [5.74, 6) is 3.26. The van der Waals surface area contributed by atoms with Crippen LogP contribution in [0.5, 0.6) is 0 Å². The van der Waals surface area contributed by atoms with E-state index in [1.807, 2.05) is 73.8 Å². The molecule has 18 heteroatoms. The van der Waals surface area contributed by atoms with Gasteiger partial charge >= 0.3 is 33.6 Å². The minimum atomic E-state index is 0. The van der Waals surface area contributed by atoms with Gasteiger partial charge < -0.3 is 0 Å². The summed E-state index contributed by atoms with van der Waals surface area (Å²) < 4.78 is 7.19. The molecule has 12 aromatic rings. The summed E-state index contributed by atoms with van der Waals surface area (Å²) in [6.45, 7) is 53.0. The van der Waals surface area contributed by atoms with Crippen LogP contribution in [0.25, 0.3) is 68.8 Å². The van der Waals surface area contributed by atoms with E-state index in [1.165, 1.54) is 44.5 Å². The molecule has 0 aromatic carbocycles. The van der Waals surface area contributed by atoms with Crippen LogP contribution in [0.2, 0.25) is 0 Å². The normalized spacial score (nSPS) is 12.2. The molecule has 0 saturated carbocycles. The Labute approximate surface area is 627 Å². The zero-order chi connectivity index (χ0) is 73.0. The molecule has 0 saturated heterocycles. The number of rotatable bonds is 8. The first-order chi connectivity index (χ1) is 46.6. The summed E-state index contributed by atoms with van der Waals surface area (Å²) in [4.78, 5) is 37.6. The van der Waals surface area contributed by atoms with Crippen LogP contribution in [0.15, 0.2) is 196 Å². The summed E-state index contributed by atoms with van der Waals surface area (Å²) in [5.41, 5.74) is 17.3. The molecule has 0 aliphatic rings. The van der Waals surface area contributed by atoms with Gasteiger partial charge in [0.05, 0.1) is 45.6 Å². The van der Waals surface area contributed by atoms with Crippen molar-refractivity contribution in [2.24, 2.45) is 0 Å². The van der Waals surface area contributed by atoms with Gasteiger partial charge in [0.1, 0.15) is 0 Å². The van der Waals surface area contributed by atoms with Gasteiger partial charge in [-0.2, -0.15) is 20.4 Å². The van der Waals surface area contributed by atoms with E-state index in [4.69, 9.17) is 19.9 Å². The zero-order valence-electron chi connectivity index (χ0n) is 64.3. The van der Waals surface area contributed by atoms with Crippen molar-refractivity contribution in [3.63, 3.8) is 0 Å². The van der Waals surface area contributed by atoms with Gasteiger partial charge in [-0.3, -0.25) is 19.9 Å². The Morgan fingerprint density at radius 2 is 0.382 bits per heavy atom. The van der Waals surface area contributed by atoms with Crippen LogP contribution in [0.4, 0.5) is 0 Å². The van der Waals surface area contributed by atoms with E-state index in [2.05, 4.69) is 304 Å². The van der Waals surface area contributed by atoms with Crippen molar-refractivity contribution in [1.29, 1.82) is 0 Å². The van der Waals surface area contributed by atoms with Crippen molar-refractivity contribution in [2.75, 3.05) is 0 Å². The van der Waals surface area contributed by atoms with Crippen LogP contribution in [0.3, 0.4) is 0 Å². The molecule has 0 N–H and O–H groups in total. The first-order valence-corrected chi connectivity index (χ1v) is 34.6. The molecule has 0 atom stereocenters. The topological polar surface area (TPSA) is 174 Å². The fourth-order valence-corrected chi connectivity index (χ4v) is 10.6. The molecule has 0 amide bonds. The number of hydrogen-bond donors (Lipinski definition) is 0. The molecule has 0 bridgehead atoms. The Morgan fingerprint density at radius 3 is 0.529 bits per heavy atom. The molecule has 0 unspecified atom stereocenters. The molecule has 12 aromatic heterocycles. The fourth-order valence-electron chi connectivity index (χ4n) is 10.6. The van der Waals surface area contributed by atoms with Crippen molar-refractivity contribution in [3.8, 4) is 68.8 Å². The first-order valence-electron chi connectivity index (χ1n) is 34.6. The SMILES string of the molecule is CC(C)(C)c1ccnc(-c2cc(C(C)(C)C)cc(-n3cccn3)n2)c1.CC(C)(C)c1ccnc(-c2cc(C(C)(C)C)cc(-n3cccn3)n2)c1.CC(C)(C)c1ccnc(-c2cc(C(C)(C)C)cc(-n3cccn3)n2)c1.CC(C)(C)c1ccnc(-c2cc(C(C)(C)C)cc(-n3cccn3)n2)c1.[Co+2].[Co+3]. The summed E-state index contributed by atoms with van der Waals surface area (Å²) in [5, 5.41) is 17.3. The standard InChI is InChI=1S/4C21H26N4.2Co/c4*1-20(2,3)15-8-10-22-17(12-15)18-13-16(21(4,5)6)14-19(24-18)25-11-7-9-23-25;;/h4*7-14H,1-6H3;;/q;;;;+2;+3. The zero-order valence-corrected chi connectivity index (χ0v) is 66.4. The van der Waals surface area contributed by atoms with E-state index in [1.54, 1.807) is 43.5 Å². The Morgan fingerprint density at radius 1 is 0.216 bits per heavy atom. The summed E-state index contributed by atoms with van der Waals surface area (Å²) in [7, 11) is 0. The molecule has 0 aliphatic carbocycles. The van der Waals surface area contributed by atoms with Gasteiger partial charge in [0, 0.05) is 74.4 Å². The number of hydrogen-bond acceptors (Lipinski definition) is 12. The smallest absolute Gasteiger partial charge is 0.255 e. The van der Waals surface area contributed by atoms with E-state index >= 15 is 0 Å². The van der Waals surface area contributed by atoms with E-state index in [9.17, 15) is 0 Å². The van der Waals surface area contributed by atoms with Crippen LogP contribution in [-0.2, 0) is 76.9 Å². The van der Waals surface area contributed by atoms with Gasteiger partial charge in [0.15, 0.2) is 23.3 Å². The van der Waals surface area contributed by atoms with Crippen LogP contribution in [0, 0.1) is 0 Å². The minimum absolute atomic E-state index is 0. The van der Waals surface area contributed by atoms with E-state index in [0.717, 1.165) is 68.8 Å². The average molecular weight is 1460 g/mol. The molecule has 0 aliphatic heterocycles. The summed E-state index contributed by atoms with van der Waals surface area (Å²) >= 11 is 0. The van der Waals surface area contributed by atoms with Gasteiger partial charge in [-0.1, -0.05) is 166 Å². The van der Waals surface area contributed by atoms with Crippen molar-refractivity contribution in [2.45, 2.75) is 209 Å². The van der Waals surface area contributed by atoms with Crippen LogP contribution in [-0.4, -0.2) is 79.0 Å². The molecule has 0 spiro atoms. The summed E-state index contributed by atoms with van der Waals surface area (Å²) in [6, 6.07) is 41.5. The Kier molecular flexibility index (Phi) is 25.0. The maximum absolute atomic E-state index is 4.82. The van der Waals surface area contributed by atoms with Gasteiger partial charge in [0.25, 0.3) is 0 Å². The molecule has 12 rings (SSSR count). The first kappa shape index (κ1) is 80.4. The van der Waals surface area contributed by atoms with Crippen LogP contribution >= 0.6 is 0 Å². The van der Waals surface area contributed by atoms with Crippen molar-refractivity contribution in [3.05, 3.63) is 240 Å². The van der Waals surface area contributed by atoms with Gasteiger partial charge in [-0.05, 0) is 209 Å². The second-order valence-electron chi connectivity index (χ2n) is 33.9. The third-order valence-corrected chi connectivity index (χ3v) is 17.2. The van der Waals surface area contributed by atoms with E-state index in [0.29, 0.717) is 0 Å². The van der Waals surface area contributed by atoms with Gasteiger partial charge in [0.2, 0.25) is 0 Å². The molecule has 533 valence electrons. The average Bonchev–Trinajstić information content (AvgIpc) is 1.10. The monoisotopic (exact) mass is 1450 g/mol. The van der Waals surface area contributed by atoms with Crippen molar-refractivity contribution < 1.29 is 33.6 Å². The second kappa shape index (κ2) is 31.7. The predicted octanol–water partition coefficient (Wildman–Crippen LogP) is 19.7. The maximum atomic E-state index is 4.82.